The van der Waals surface area contributed by atoms with E-state index in [1.54, 1.807) is 0 Å². The summed E-state index contributed by atoms with van der Waals surface area (Å²) in [6, 6.07) is 69.2. The van der Waals surface area contributed by atoms with Crippen molar-refractivity contribution in [3.63, 3.8) is 0 Å². The van der Waals surface area contributed by atoms with E-state index in [1.165, 1.54) is 42.4 Å². The zero-order valence-electron chi connectivity index (χ0n) is 29.7. The molecule has 0 atom stereocenters. The highest BCUT2D eigenvalue weighted by Crippen LogP contribution is 2.48. The van der Waals surface area contributed by atoms with Crippen LogP contribution >= 0.6 is 11.3 Å². The molecule has 0 N–H and O–H groups in total. The molecule has 0 saturated carbocycles. The molecule has 11 rings (SSSR count). The van der Waals surface area contributed by atoms with Gasteiger partial charge in [-0.15, -0.1) is 11.3 Å². The highest BCUT2D eigenvalue weighted by Gasteiger charge is 2.21. The normalized spacial score (nSPS) is 11.6. The number of oxazole rings is 1. The van der Waals surface area contributed by atoms with E-state index in [1.807, 2.05) is 41.7 Å². The number of nitrogens with zero attached hydrogens (tertiary/aromatic N) is 2. The van der Waals surface area contributed by atoms with Crippen LogP contribution in [0.3, 0.4) is 0 Å². The number of rotatable bonds is 6. The van der Waals surface area contributed by atoms with Crippen LogP contribution in [0.5, 0.6) is 0 Å². The largest absolute Gasteiger partial charge is 0.435 e. The summed E-state index contributed by atoms with van der Waals surface area (Å²) in [5.41, 5.74) is 10.8. The zero-order valence-corrected chi connectivity index (χ0v) is 30.5. The van der Waals surface area contributed by atoms with Gasteiger partial charge in [-0.2, -0.15) is 0 Å². The van der Waals surface area contributed by atoms with Gasteiger partial charge in [0, 0.05) is 37.8 Å². The van der Waals surface area contributed by atoms with Crippen molar-refractivity contribution < 1.29 is 4.42 Å². The fraction of sp³-hybridized carbons (Fsp3) is 0. The summed E-state index contributed by atoms with van der Waals surface area (Å²) in [4.78, 5) is 7.35. The molecule has 2 heterocycles. The minimum Gasteiger partial charge on any atom is -0.435 e. The molecule has 55 heavy (non-hydrogen) atoms. The Morgan fingerprint density at radius 3 is 1.80 bits per heavy atom. The molecule has 0 bridgehead atoms. The van der Waals surface area contributed by atoms with E-state index in [0.717, 1.165) is 55.3 Å². The molecule has 0 aliphatic rings. The van der Waals surface area contributed by atoms with Gasteiger partial charge in [0.05, 0.1) is 10.4 Å². The van der Waals surface area contributed by atoms with Crippen LogP contribution in [0.15, 0.2) is 199 Å². The molecule has 0 amide bonds. The first kappa shape index (κ1) is 31.5. The van der Waals surface area contributed by atoms with Gasteiger partial charge < -0.3 is 9.32 Å². The monoisotopic (exact) mass is 720 g/mol. The Hall–Kier alpha value is -7.01. The van der Waals surface area contributed by atoms with Crippen molar-refractivity contribution in [2.75, 3.05) is 4.90 Å². The molecule has 11 aromatic rings. The van der Waals surface area contributed by atoms with Crippen molar-refractivity contribution in [3.8, 4) is 33.7 Å². The smallest absolute Gasteiger partial charge is 0.227 e. The standard InChI is InChI=1S/C51H32N2OS/c1-4-12-33(13-5-1)34-24-28-39(29-25-34)53(46-21-11-20-43-42-19-10-18-41(49(42)55-50(43)46)35-14-6-2-7-15-35)40-30-26-36-22-23-37-27-31-45-48(47(37)44(36)32-40)54-51(52-45)38-16-8-3-9-17-38/h1-32H. The maximum Gasteiger partial charge on any atom is 0.227 e. The van der Waals surface area contributed by atoms with Crippen LogP contribution in [-0.2, 0) is 0 Å². The third-order valence-electron chi connectivity index (χ3n) is 10.7. The molecule has 0 spiro atoms. The van der Waals surface area contributed by atoms with Crippen molar-refractivity contribution in [3.05, 3.63) is 194 Å². The molecule has 0 radical (unpaired) electrons. The van der Waals surface area contributed by atoms with Crippen LogP contribution in [-0.4, -0.2) is 4.98 Å². The molecule has 2 aromatic heterocycles. The lowest BCUT2D eigenvalue weighted by molar-refractivity contribution is 0.623. The van der Waals surface area contributed by atoms with Crippen LogP contribution in [0, 0.1) is 0 Å². The molecule has 3 nitrogen and oxygen atoms in total. The van der Waals surface area contributed by atoms with Crippen LogP contribution < -0.4 is 4.90 Å². The Balaban J connectivity index is 1.15. The van der Waals surface area contributed by atoms with Gasteiger partial charge in [-0.25, -0.2) is 4.98 Å². The molecule has 0 aliphatic carbocycles. The predicted molar refractivity (Wildman–Crippen MR) is 233 cm³/mol. The van der Waals surface area contributed by atoms with Gasteiger partial charge in [-0.05, 0) is 86.9 Å². The summed E-state index contributed by atoms with van der Waals surface area (Å²) in [6.07, 6.45) is 0. The van der Waals surface area contributed by atoms with Crippen LogP contribution in [0.25, 0.3) is 86.5 Å². The fourth-order valence-corrected chi connectivity index (χ4v) is 9.38. The maximum absolute atomic E-state index is 6.62. The van der Waals surface area contributed by atoms with E-state index in [2.05, 4.69) is 169 Å². The van der Waals surface area contributed by atoms with E-state index in [4.69, 9.17) is 9.40 Å². The molecule has 0 fully saturated rings. The second-order valence-corrected chi connectivity index (χ2v) is 14.9. The first-order valence-electron chi connectivity index (χ1n) is 18.5. The molecular weight excluding hydrogens is 689 g/mol. The summed E-state index contributed by atoms with van der Waals surface area (Å²) in [6.45, 7) is 0. The highest BCUT2D eigenvalue weighted by molar-refractivity contribution is 7.27. The van der Waals surface area contributed by atoms with E-state index < -0.39 is 0 Å². The average Bonchev–Trinajstić information content (AvgIpc) is 3.88. The second-order valence-electron chi connectivity index (χ2n) is 13.9. The molecule has 258 valence electrons. The Morgan fingerprint density at radius 1 is 0.436 bits per heavy atom. The van der Waals surface area contributed by atoms with Crippen LogP contribution in [0.1, 0.15) is 0 Å². The number of benzene rings is 9. The number of thiophene rings is 1. The van der Waals surface area contributed by atoms with Gasteiger partial charge in [-0.3, -0.25) is 0 Å². The van der Waals surface area contributed by atoms with Crippen molar-refractivity contribution >= 4 is 81.2 Å². The average molecular weight is 721 g/mol. The van der Waals surface area contributed by atoms with Gasteiger partial charge >= 0.3 is 0 Å². The summed E-state index contributed by atoms with van der Waals surface area (Å²) in [5.74, 6) is 0.628. The summed E-state index contributed by atoms with van der Waals surface area (Å²) in [5, 5.41) is 6.98. The number of anilines is 3. The second kappa shape index (κ2) is 12.8. The fourth-order valence-electron chi connectivity index (χ4n) is 8.04. The van der Waals surface area contributed by atoms with E-state index in [-0.39, 0.29) is 0 Å². The van der Waals surface area contributed by atoms with Gasteiger partial charge in [0.2, 0.25) is 5.89 Å². The Morgan fingerprint density at radius 2 is 1.04 bits per heavy atom. The summed E-state index contributed by atoms with van der Waals surface area (Å²) in [7, 11) is 0. The van der Waals surface area contributed by atoms with Gasteiger partial charge in [-0.1, -0.05) is 146 Å². The number of hydrogen-bond acceptors (Lipinski definition) is 4. The SMILES string of the molecule is c1ccc(-c2ccc(N(c3ccc4ccc5ccc6nc(-c7ccccc7)oc6c5c4c3)c3cccc4c3sc3c(-c5ccccc5)cccc34)cc2)cc1. The Bertz CT molecular complexity index is 3190. The molecule has 0 aliphatic heterocycles. The van der Waals surface area contributed by atoms with Gasteiger partial charge in [0.15, 0.2) is 5.58 Å². The van der Waals surface area contributed by atoms with E-state index in [9.17, 15) is 0 Å². The Labute approximate surface area is 322 Å². The number of aromatic nitrogens is 1. The molecule has 4 heteroatoms. The topological polar surface area (TPSA) is 29.3 Å². The number of hydrogen-bond donors (Lipinski definition) is 0. The Kier molecular flexibility index (Phi) is 7.35. The van der Waals surface area contributed by atoms with Crippen molar-refractivity contribution in [1.29, 1.82) is 0 Å². The van der Waals surface area contributed by atoms with Crippen LogP contribution in [0.4, 0.5) is 17.1 Å². The summed E-state index contributed by atoms with van der Waals surface area (Å²) < 4.78 is 9.16. The first-order chi connectivity index (χ1) is 27.3. The third kappa shape index (κ3) is 5.30. The highest BCUT2D eigenvalue weighted by atomic mass is 32.1. The summed E-state index contributed by atoms with van der Waals surface area (Å²) >= 11 is 1.87. The first-order valence-corrected chi connectivity index (χ1v) is 19.4. The third-order valence-corrected chi connectivity index (χ3v) is 12.0. The minimum atomic E-state index is 0.628. The minimum absolute atomic E-state index is 0.628. The van der Waals surface area contributed by atoms with E-state index in [0.29, 0.717) is 5.89 Å². The lowest BCUT2D eigenvalue weighted by Crippen LogP contribution is -2.10. The maximum atomic E-state index is 6.62. The molecule has 9 aromatic carbocycles. The lowest BCUT2D eigenvalue weighted by atomic mass is 9.99. The van der Waals surface area contributed by atoms with Gasteiger partial charge in [0.25, 0.3) is 0 Å². The van der Waals surface area contributed by atoms with Crippen molar-refractivity contribution in [2.45, 2.75) is 0 Å². The quantitative estimate of drug-likeness (QED) is 0.160. The van der Waals surface area contributed by atoms with Gasteiger partial charge in [0.1, 0.15) is 5.52 Å². The predicted octanol–water partition coefficient (Wildman–Crippen LogP) is 15.0. The molecular formula is C51H32N2OS. The lowest BCUT2D eigenvalue weighted by Gasteiger charge is -2.27. The van der Waals surface area contributed by atoms with Crippen LogP contribution in [0.2, 0.25) is 0 Å². The zero-order chi connectivity index (χ0) is 36.3. The van der Waals surface area contributed by atoms with E-state index >= 15 is 0 Å². The molecule has 0 unspecified atom stereocenters. The van der Waals surface area contributed by atoms with Crippen molar-refractivity contribution in [2.24, 2.45) is 0 Å². The number of fused-ring (bicyclic) bond motifs is 8. The molecule has 0 saturated heterocycles. The van der Waals surface area contributed by atoms with Crippen molar-refractivity contribution in [1.82, 2.24) is 4.98 Å².